The molecule has 34 heavy (non-hydrogen) atoms. The number of rotatable bonds is 8. The zero-order valence-corrected chi connectivity index (χ0v) is 20.0. The van der Waals surface area contributed by atoms with E-state index in [1.54, 1.807) is 36.3 Å². The third-order valence-electron chi connectivity index (χ3n) is 6.06. The van der Waals surface area contributed by atoms with Gasteiger partial charge in [0.25, 0.3) is 0 Å². The van der Waals surface area contributed by atoms with Gasteiger partial charge in [-0.05, 0) is 40.3 Å². The monoisotopic (exact) mass is 481 g/mol. The molecule has 2 aromatic heterocycles. The summed E-state index contributed by atoms with van der Waals surface area (Å²) in [5.74, 6) is 1.26. The lowest BCUT2D eigenvalue weighted by molar-refractivity contribution is 0.171. The van der Waals surface area contributed by atoms with Crippen LogP contribution >= 0.6 is 11.3 Å². The number of phenolic OH excluding ortho intramolecular Hbond substituents is 1. The third-order valence-corrected chi connectivity index (χ3v) is 7.16. The molecule has 0 aliphatic carbocycles. The summed E-state index contributed by atoms with van der Waals surface area (Å²) in [6.45, 7) is 4.35. The molecular weight excluding hydrogens is 454 g/mol. The molecule has 1 aliphatic rings. The molecule has 1 atom stereocenters. The van der Waals surface area contributed by atoms with Crippen LogP contribution in [0.25, 0.3) is 10.2 Å². The Bertz CT molecular complexity index is 1220. The number of benzene rings is 2. The van der Waals surface area contributed by atoms with Crippen LogP contribution in [0, 0.1) is 0 Å². The van der Waals surface area contributed by atoms with E-state index in [1.807, 2.05) is 24.3 Å². The van der Waals surface area contributed by atoms with Gasteiger partial charge >= 0.3 is 0 Å². The molecule has 0 saturated carbocycles. The predicted octanol–water partition coefficient (Wildman–Crippen LogP) is 2.55. The number of phenols is 1. The van der Waals surface area contributed by atoms with Gasteiger partial charge in [0, 0.05) is 33.3 Å². The molecule has 3 heterocycles. The average Bonchev–Trinajstić information content (AvgIpc) is 3.51. The van der Waals surface area contributed by atoms with Gasteiger partial charge in [0.2, 0.25) is 0 Å². The van der Waals surface area contributed by atoms with E-state index in [0.717, 1.165) is 48.2 Å². The number of aromatic hydroxyl groups is 1. The van der Waals surface area contributed by atoms with Crippen molar-refractivity contribution in [1.29, 1.82) is 0 Å². The van der Waals surface area contributed by atoms with E-state index in [0.29, 0.717) is 18.9 Å². The lowest BCUT2D eigenvalue weighted by atomic mass is 10.0. The summed E-state index contributed by atoms with van der Waals surface area (Å²) >= 11 is 1.73. The number of thiazole rings is 1. The van der Waals surface area contributed by atoms with Gasteiger partial charge < -0.3 is 19.5 Å². The molecule has 1 aliphatic heterocycles. The van der Waals surface area contributed by atoms with Gasteiger partial charge in [-0.2, -0.15) is 0 Å². The first-order chi connectivity index (χ1) is 16.7. The minimum Gasteiger partial charge on any atom is -0.504 e. The summed E-state index contributed by atoms with van der Waals surface area (Å²) in [7, 11) is 3.21. The Morgan fingerprint density at radius 3 is 2.68 bits per heavy atom. The van der Waals surface area contributed by atoms with Crippen LogP contribution in [0.5, 0.6) is 11.5 Å². The molecule has 2 aromatic carbocycles. The van der Waals surface area contributed by atoms with Gasteiger partial charge in [-0.25, -0.2) is 9.67 Å². The van der Waals surface area contributed by atoms with Gasteiger partial charge in [0.1, 0.15) is 0 Å². The van der Waals surface area contributed by atoms with Crippen LogP contribution in [0.2, 0.25) is 0 Å². The second-order valence-electron chi connectivity index (χ2n) is 8.07. The highest BCUT2D eigenvalue weighted by Crippen LogP contribution is 2.35. The Kier molecular flexibility index (Phi) is 6.57. The fraction of sp³-hybridized carbons (Fsp3) is 0.391. The molecule has 178 valence electrons. The van der Waals surface area contributed by atoms with Crippen molar-refractivity contribution in [3.8, 4) is 11.5 Å². The number of methoxy groups -OCH3 is 2. The molecule has 0 bridgehead atoms. The van der Waals surface area contributed by atoms with E-state index in [1.165, 1.54) is 4.70 Å². The molecule has 1 unspecified atom stereocenters. The van der Waals surface area contributed by atoms with Crippen LogP contribution in [-0.4, -0.2) is 82.2 Å². The fourth-order valence-corrected chi connectivity index (χ4v) is 5.32. The van der Waals surface area contributed by atoms with E-state index in [9.17, 15) is 5.11 Å². The first-order valence-electron chi connectivity index (χ1n) is 11.1. The summed E-state index contributed by atoms with van der Waals surface area (Å²) in [4.78, 5) is 9.53. The number of ether oxygens (including phenoxy) is 2. The third kappa shape index (κ3) is 4.41. The lowest BCUT2D eigenvalue weighted by Gasteiger charge is -2.38. The molecular formula is C23H27N7O3S. The van der Waals surface area contributed by atoms with Gasteiger partial charge in [0.05, 0.1) is 36.5 Å². The van der Waals surface area contributed by atoms with E-state index in [-0.39, 0.29) is 11.8 Å². The number of fused-ring (bicyclic) bond motifs is 1. The maximum absolute atomic E-state index is 10.1. The van der Waals surface area contributed by atoms with Gasteiger partial charge in [0.15, 0.2) is 22.5 Å². The lowest BCUT2D eigenvalue weighted by Crippen LogP contribution is -2.48. The molecule has 1 saturated heterocycles. The second kappa shape index (κ2) is 9.92. The Hall–Kier alpha value is -3.28. The molecule has 10 nitrogen and oxygen atoms in total. The Morgan fingerprint density at radius 2 is 1.91 bits per heavy atom. The second-order valence-corrected chi connectivity index (χ2v) is 9.08. The number of nitrogens with zero attached hydrogens (tertiary/aromatic N) is 7. The van der Waals surface area contributed by atoms with E-state index in [4.69, 9.17) is 14.5 Å². The van der Waals surface area contributed by atoms with Crippen molar-refractivity contribution in [1.82, 2.24) is 30.1 Å². The Morgan fingerprint density at radius 1 is 1.09 bits per heavy atom. The molecule has 0 spiro atoms. The average molecular weight is 482 g/mol. The van der Waals surface area contributed by atoms with Gasteiger partial charge in [-0.1, -0.05) is 29.5 Å². The van der Waals surface area contributed by atoms with Crippen LogP contribution in [0.4, 0.5) is 5.13 Å². The largest absolute Gasteiger partial charge is 0.504 e. The van der Waals surface area contributed by atoms with Crippen molar-refractivity contribution in [3.05, 3.63) is 53.9 Å². The topological polar surface area (TPSA) is 102 Å². The number of aromatic nitrogens is 5. The summed E-state index contributed by atoms with van der Waals surface area (Å²) in [5.41, 5.74) is 1.99. The van der Waals surface area contributed by atoms with Crippen LogP contribution in [0.3, 0.4) is 0 Å². The highest BCUT2D eigenvalue weighted by Gasteiger charge is 2.32. The molecule has 0 radical (unpaired) electrons. The van der Waals surface area contributed by atoms with Crippen molar-refractivity contribution in [2.75, 3.05) is 51.9 Å². The maximum atomic E-state index is 10.1. The number of para-hydroxylation sites is 1. The number of tetrazole rings is 1. The summed E-state index contributed by atoms with van der Waals surface area (Å²) < 4.78 is 13.6. The van der Waals surface area contributed by atoms with Crippen molar-refractivity contribution < 1.29 is 14.6 Å². The van der Waals surface area contributed by atoms with E-state index < -0.39 is 0 Å². The van der Waals surface area contributed by atoms with Crippen LogP contribution < -0.4 is 9.64 Å². The van der Waals surface area contributed by atoms with Gasteiger partial charge in [-0.3, -0.25) is 4.90 Å². The normalized spacial score (nSPS) is 15.6. The van der Waals surface area contributed by atoms with Crippen LogP contribution in [-0.2, 0) is 11.3 Å². The minimum atomic E-state index is -0.195. The van der Waals surface area contributed by atoms with Crippen molar-refractivity contribution in [3.63, 3.8) is 0 Å². The summed E-state index contributed by atoms with van der Waals surface area (Å²) in [6.07, 6.45) is 0. The quantitative estimate of drug-likeness (QED) is 0.407. The zero-order valence-electron chi connectivity index (χ0n) is 19.2. The number of piperazine rings is 1. The van der Waals surface area contributed by atoms with Crippen LogP contribution in [0.15, 0.2) is 42.5 Å². The van der Waals surface area contributed by atoms with Gasteiger partial charge in [-0.15, -0.1) is 5.10 Å². The first kappa shape index (κ1) is 22.5. The summed E-state index contributed by atoms with van der Waals surface area (Å²) in [5, 5.41) is 23.7. The number of hydrogen-bond donors (Lipinski definition) is 1. The first-order valence-corrected chi connectivity index (χ1v) is 12.0. The standard InChI is InChI=1S/C23H27N7O3S/c1-32-14-13-30-22(25-26-27-30)21(16-7-8-18(31)19(15-16)33-2)28-9-11-29(12-10-28)23-24-17-5-3-4-6-20(17)34-23/h3-8,15,21,31H,9-14H2,1-2H3. The van der Waals surface area contributed by atoms with Crippen molar-refractivity contribution in [2.24, 2.45) is 0 Å². The molecule has 4 aromatic rings. The van der Waals surface area contributed by atoms with Crippen molar-refractivity contribution >= 4 is 26.7 Å². The Balaban J connectivity index is 1.42. The molecule has 1 N–H and O–H groups in total. The highest BCUT2D eigenvalue weighted by molar-refractivity contribution is 7.22. The van der Waals surface area contributed by atoms with Crippen LogP contribution in [0.1, 0.15) is 17.4 Å². The SMILES string of the molecule is COCCn1nnnc1C(c1ccc(O)c(OC)c1)N1CCN(c2nc3ccccc3s2)CC1. The van der Waals surface area contributed by atoms with E-state index in [2.05, 4.69) is 37.5 Å². The number of hydrogen-bond acceptors (Lipinski definition) is 10. The Labute approximate surface area is 201 Å². The maximum Gasteiger partial charge on any atom is 0.186 e. The zero-order chi connectivity index (χ0) is 23.5. The molecule has 0 amide bonds. The smallest absolute Gasteiger partial charge is 0.186 e. The summed E-state index contributed by atoms with van der Waals surface area (Å²) in [6, 6.07) is 13.5. The predicted molar refractivity (Wildman–Crippen MR) is 130 cm³/mol. The fourth-order valence-electron chi connectivity index (χ4n) is 4.30. The highest BCUT2D eigenvalue weighted by atomic mass is 32.1. The molecule has 1 fully saturated rings. The molecule has 5 rings (SSSR count). The van der Waals surface area contributed by atoms with E-state index >= 15 is 0 Å². The number of anilines is 1. The minimum absolute atomic E-state index is 0.102. The van der Waals surface area contributed by atoms with Crippen molar-refractivity contribution in [2.45, 2.75) is 12.6 Å². The molecule has 11 heteroatoms.